The highest BCUT2D eigenvalue weighted by molar-refractivity contribution is 5.87. The molecule has 60 heavy (non-hydrogen) atoms. The first kappa shape index (κ1) is 41.3. The lowest BCUT2D eigenvalue weighted by Gasteiger charge is -2.38. The first-order valence-corrected chi connectivity index (χ1v) is 21.8. The number of imidazole rings is 2. The molecular formula is C47H60N8O5. The Bertz CT molecular complexity index is 2230. The van der Waals surface area contributed by atoms with Crippen molar-refractivity contribution in [2.45, 2.75) is 122 Å². The normalized spacial score (nSPS) is 22.1. The Hall–Kier alpha value is -5.43. The molecule has 4 aliphatic heterocycles. The molecule has 13 nitrogen and oxygen atoms in total. The first-order chi connectivity index (χ1) is 28.9. The fourth-order valence-electron chi connectivity index (χ4n) is 9.80. The quantitative estimate of drug-likeness (QED) is 0.0989. The van der Waals surface area contributed by atoms with Gasteiger partial charge in [-0.3, -0.25) is 14.4 Å². The van der Waals surface area contributed by atoms with E-state index in [1.54, 1.807) is 7.11 Å². The zero-order valence-electron chi connectivity index (χ0n) is 35.8. The van der Waals surface area contributed by atoms with Gasteiger partial charge in [-0.05, 0) is 97.6 Å². The molecular weight excluding hydrogens is 757 g/mol. The molecule has 0 radical (unpaired) electrons. The van der Waals surface area contributed by atoms with E-state index in [1.165, 1.54) is 23.6 Å². The van der Waals surface area contributed by atoms with Crippen molar-refractivity contribution in [3.63, 3.8) is 0 Å². The second-order valence-corrected chi connectivity index (χ2v) is 17.6. The number of rotatable bonds is 13. The Labute approximate surface area is 353 Å². The van der Waals surface area contributed by atoms with E-state index in [0.29, 0.717) is 19.0 Å². The number of aromatic nitrogens is 4. The number of hydrogen-bond acceptors (Lipinski definition) is 8. The average molecular weight is 817 g/mol. The number of likely N-dealkylation sites (tertiary alicyclic amines) is 2. The van der Waals surface area contributed by atoms with Gasteiger partial charge in [-0.15, -0.1) is 0 Å². The molecule has 0 saturated carbocycles. The van der Waals surface area contributed by atoms with Crippen molar-refractivity contribution >= 4 is 17.7 Å². The Morgan fingerprint density at radius 2 is 1.22 bits per heavy atom. The van der Waals surface area contributed by atoms with Crippen LogP contribution in [-0.2, 0) is 23.9 Å². The van der Waals surface area contributed by atoms with E-state index in [1.807, 2.05) is 49.9 Å². The highest BCUT2D eigenvalue weighted by Crippen LogP contribution is 2.56. The van der Waals surface area contributed by atoms with E-state index < -0.39 is 12.1 Å². The minimum absolute atomic E-state index is 0.0169. The third kappa shape index (κ3) is 7.96. The molecule has 3 saturated heterocycles. The van der Waals surface area contributed by atoms with Gasteiger partial charge in [0.15, 0.2) is 5.88 Å². The summed E-state index contributed by atoms with van der Waals surface area (Å²) in [6, 6.07) is 11.6. The Morgan fingerprint density at radius 1 is 0.717 bits per heavy atom. The maximum atomic E-state index is 13.9. The van der Waals surface area contributed by atoms with Crippen LogP contribution in [0.4, 0.5) is 0 Å². The van der Waals surface area contributed by atoms with Gasteiger partial charge in [0.2, 0.25) is 17.7 Å². The number of methoxy groups -OCH3 is 1. The van der Waals surface area contributed by atoms with Gasteiger partial charge in [0, 0.05) is 25.6 Å². The lowest BCUT2D eigenvalue weighted by molar-refractivity contribution is -0.141. The molecule has 3 fully saturated rings. The summed E-state index contributed by atoms with van der Waals surface area (Å²) in [4.78, 5) is 60.5. The predicted molar refractivity (Wildman–Crippen MR) is 230 cm³/mol. The molecule has 6 atom stereocenters. The Kier molecular flexibility index (Phi) is 11.9. The molecule has 0 aliphatic carbocycles. The Morgan fingerprint density at radius 3 is 1.77 bits per heavy atom. The van der Waals surface area contributed by atoms with Crippen molar-refractivity contribution in [3.8, 4) is 33.6 Å². The van der Waals surface area contributed by atoms with Crippen molar-refractivity contribution in [3.05, 3.63) is 84.0 Å². The molecule has 2 aromatic carbocycles. The van der Waals surface area contributed by atoms with Gasteiger partial charge in [0.1, 0.15) is 23.7 Å². The van der Waals surface area contributed by atoms with Gasteiger partial charge in [0.25, 0.3) is 0 Å². The number of fused-ring (bicyclic) bond motifs is 5. The summed E-state index contributed by atoms with van der Waals surface area (Å²) in [6.45, 7) is 14.6. The summed E-state index contributed by atoms with van der Waals surface area (Å²) in [5.74, 6) is 1.73. The van der Waals surface area contributed by atoms with E-state index >= 15 is 0 Å². The molecule has 6 heterocycles. The van der Waals surface area contributed by atoms with E-state index in [0.717, 1.165) is 91.1 Å². The second-order valence-electron chi connectivity index (χ2n) is 17.6. The summed E-state index contributed by atoms with van der Waals surface area (Å²) in [5, 5.41) is 6.06. The van der Waals surface area contributed by atoms with Crippen LogP contribution in [0.2, 0.25) is 0 Å². The van der Waals surface area contributed by atoms with Crippen molar-refractivity contribution in [1.82, 2.24) is 40.4 Å². The largest absolute Gasteiger partial charge is 0.483 e. The van der Waals surface area contributed by atoms with Crippen molar-refractivity contribution in [1.29, 1.82) is 0 Å². The van der Waals surface area contributed by atoms with Crippen LogP contribution < -0.4 is 10.6 Å². The SMILES string of the molecule is C=C(N[C@H](C(=O)N1CCCC[C@H]1c1ncc(-c2ccc(-c3ccc(-c4cnc([C@@H]5CCCCN5C(=O)[C@@H](NC(C)=O)C(C)C)[nH]4)c4c3C3CCC4O3)cc2)[nH]1)C(C)C)OC. The standard InChI is InChI=1S/C47H60N8O5/c1-26(2)42(50-28(5)56)46(57)54-22-10-9-13-37(54)45-49-25-35(53-45)33-19-18-32(40-38-20-21-39(60-38)41(33)40)30-14-16-31(17-15-30)34-24-48-44(52-34)36-12-8-11-23-55(36)47(58)43(27(3)4)51-29(6)59-7/h14-19,24-27,36-39,42-43,51H,6,8-13,20-23H2,1-5,7H3,(H,48,52)(H,49,53)(H,50,56)/t36-,37-,38?,39?,42-,43-/m0/s1. The van der Waals surface area contributed by atoms with Crippen LogP contribution >= 0.6 is 0 Å². The minimum Gasteiger partial charge on any atom is -0.483 e. The molecule has 4 aromatic rings. The van der Waals surface area contributed by atoms with Gasteiger partial charge >= 0.3 is 0 Å². The molecule has 13 heteroatoms. The van der Waals surface area contributed by atoms with Gasteiger partial charge in [-0.2, -0.15) is 0 Å². The number of piperidine rings is 2. The summed E-state index contributed by atoms with van der Waals surface area (Å²) < 4.78 is 11.8. The van der Waals surface area contributed by atoms with Gasteiger partial charge < -0.3 is 39.9 Å². The van der Waals surface area contributed by atoms with Crippen LogP contribution in [0.5, 0.6) is 0 Å². The maximum absolute atomic E-state index is 13.9. The third-order valence-electron chi connectivity index (χ3n) is 12.9. The molecule has 4 N–H and O–H groups in total. The number of nitrogens with zero attached hydrogens (tertiary/aromatic N) is 4. The number of ether oxygens (including phenoxy) is 2. The minimum atomic E-state index is -0.578. The molecule has 0 spiro atoms. The third-order valence-corrected chi connectivity index (χ3v) is 12.9. The van der Waals surface area contributed by atoms with Crippen molar-refractivity contribution in [2.24, 2.45) is 11.8 Å². The zero-order chi connectivity index (χ0) is 42.2. The fourth-order valence-corrected chi connectivity index (χ4v) is 9.80. The monoisotopic (exact) mass is 816 g/mol. The molecule has 2 aromatic heterocycles. The molecule has 2 unspecified atom stereocenters. The molecule has 318 valence electrons. The number of benzene rings is 2. The van der Waals surface area contributed by atoms with E-state index in [-0.39, 0.29) is 53.8 Å². The molecule has 4 aliphatic rings. The smallest absolute Gasteiger partial charge is 0.246 e. The van der Waals surface area contributed by atoms with Crippen LogP contribution in [0.15, 0.2) is 61.3 Å². The van der Waals surface area contributed by atoms with E-state index in [9.17, 15) is 14.4 Å². The number of H-pyrrole nitrogens is 2. The topological polar surface area (TPSA) is 158 Å². The van der Waals surface area contributed by atoms with Crippen molar-refractivity contribution in [2.75, 3.05) is 20.2 Å². The predicted octanol–water partition coefficient (Wildman–Crippen LogP) is 8.04. The number of nitrogens with one attached hydrogen (secondary N) is 4. The number of carbonyl (C=O) groups excluding carboxylic acids is 3. The highest BCUT2D eigenvalue weighted by Gasteiger charge is 2.42. The summed E-state index contributed by atoms with van der Waals surface area (Å²) in [5.41, 5.74) is 8.68. The van der Waals surface area contributed by atoms with Crippen molar-refractivity contribution < 1.29 is 23.9 Å². The Balaban J connectivity index is 1.03. The summed E-state index contributed by atoms with van der Waals surface area (Å²) >= 11 is 0. The van der Waals surface area contributed by atoms with Crippen LogP contribution in [0.1, 0.15) is 133 Å². The lowest BCUT2D eigenvalue weighted by Crippen LogP contribution is -2.52. The molecule has 8 rings (SSSR count). The van der Waals surface area contributed by atoms with Crippen LogP contribution in [0.25, 0.3) is 33.6 Å². The number of amides is 3. The van der Waals surface area contributed by atoms with Gasteiger partial charge in [-0.1, -0.05) is 64.1 Å². The number of hydrogen-bond donors (Lipinski definition) is 4. The summed E-state index contributed by atoms with van der Waals surface area (Å²) in [6.07, 6.45) is 11.3. The number of aromatic amines is 2. The maximum Gasteiger partial charge on any atom is 0.246 e. The molecule has 3 amide bonds. The molecule has 2 bridgehead atoms. The highest BCUT2D eigenvalue weighted by atomic mass is 16.5. The van der Waals surface area contributed by atoms with Crippen LogP contribution in [0, 0.1) is 11.8 Å². The summed E-state index contributed by atoms with van der Waals surface area (Å²) in [7, 11) is 1.55. The number of carbonyl (C=O) groups is 3. The van der Waals surface area contributed by atoms with E-state index in [4.69, 9.17) is 19.4 Å². The first-order valence-electron chi connectivity index (χ1n) is 21.8. The van der Waals surface area contributed by atoms with E-state index in [2.05, 4.69) is 63.6 Å². The van der Waals surface area contributed by atoms with Gasteiger partial charge in [-0.25, -0.2) is 9.97 Å². The lowest BCUT2D eigenvalue weighted by atomic mass is 9.82. The second kappa shape index (κ2) is 17.3. The van der Waals surface area contributed by atoms with Gasteiger partial charge in [0.05, 0.1) is 55.2 Å². The average Bonchev–Trinajstić information content (AvgIpc) is 4.10. The fraction of sp³-hybridized carbons (Fsp3) is 0.511. The zero-order valence-corrected chi connectivity index (χ0v) is 35.8. The van der Waals surface area contributed by atoms with Crippen LogP contribution in [0.3, 0.4) is 0 Å². The van der Waals surface area contributed by atoms with Crippen LogP contribution in [-0.4, -0.2) is 79.7 Å².